The second kappa shape index (κ2) is 5.26. The average Bonchev–Trinajstić information content (AvgIpc) is 2.32. The van der Waals surface area contributed by atoms with Gasteiger partial charge in [0.2, 0.25) is 0 Å². The van der Waals surface area contributed by atoms with Crippen LogP contribution in [-0.4, -0.2) is 28.5 Å². The highest BCUT2D eigenvalue weighted by Gasteiger charge is 2.38. The maximum Gasteiger partial charge on any atom is 0.303 e. The highest BCUT2D eigenvalue weighted by atomic mass is 16.4. The number of carbonyl (C=O) groups excluding carboxylic acids is 1. The number of nitrogens with one attached hydrogen (secondary N) is 1. The molecule has 1 aliphatic rings. The van der Waals surface area contributed by atoms with Crippen molar-refractivity contribution in [1.29, 1.82) is 0 Å². The molecule has 102 valence electrons. The molecule has 6 nitrogen and oxygen atoms in total. The first-order valence-electron chi connectivity index (χ1n) is 6.23. The Balaban J connectivity index is 1.99. The van der Waals surface area contributed by atoms with Gasteiger partial charge in [0.05, 0.1) is 6.42 Å². The summed E-state index contributed by atoms with van der Waals surface area (Å²) in [6, 6.07) is 4.98. The van der Waals surface area contributed by atoms with Crippen molar-refractivity contribution in [2.45, 2.75) is 25.7 Å². The third-order valence-corrected chi connectivity index (χ3v) is 3.59. The number of amides is 1. The number of hydrogen-bond acceptors (Lipinski definition) is 4. The van der Waals surface area contributed by atoms with E-state index in [-0.39, 0.29) is 17.5 Å². The zero-order valence-electron chi connectivity index (χ0n) is 10.6. The van der Waals surface area contributed by atoms with E-state index in [1.807, 2.05) is 0 Å². The molecule has 0 atom stereocenters. The van der Waals surface area contributed by atoms with Crippen molar-refractivity contribution in [3.8, 4) is 0 Å². The van der Waals surface area contributed by atoms with Crippen molar-refractivity contribution in [2.24, 2.45) is 11.1 Å². The van der Waals surface area contributed by atoms with E-state index in [4.69, 9.17) is 10.8 Å². The Morgan fingerprint density at radius 3 is 2.68 bits per heavy atom. The summed E-state index contributed by atoms with van der Waals surface area (Å²) in [4.78, 5) is 26.0. The maximum atomic E-state index is 11.0. The number of rotatable bonds is 6. The second-order valence-corrected chi connectivity index (χ2v) is 5.05. The van der Waals surface area contributed by atoms with Gasteiger partial charge in [0.25, 0.3) is 5.91 Å². The van der Waals surface area contributed by atoms with Crippen LogP contribution in [0, 0.1) is 5.41 Å². The maximum absolute atomic E-state index is 11.0. The second-order valence-electron chi connectivity index (χ2n) is 5.05. The van der Waals surface area contributed by atoms with Crippen LogP contribution < -0.4 is 11.1 Å². The molecule has 0 spiro atoms. The molecule has 1 fully saturated rings. The fourth-order valence-corrected chi connectivity index (χ4v) is 2.36. The van der Waals surface area contributed by atoms with Crippen LogP contribution in [-0.2, 0) is 4.79 Å². The number of carboxylic acid groups (broad SMARTS) is 1. The summed E-state index contributed by atoms with van der Waals surface area (Å²) in [5.74, 6) is -0.805. The molecule has 4 N–H and O–H groups in total. The van der Waals surface area contributed by atoms with Crippen LogP contribution in [0.5, 0.6) is 0 Å². The molecule has 1 aromatic rings. The summed E-state index contributed by atoms with van der Waals surface area (Å²) in [5, 5.41) is 12.0. The van der Waals surface area contributed by atoms with E-state index in [1.165, 1.54) is 0 Å². The lowest BCUT2D eigenvalue weighted by atomic mass is 9.66. The lowest BCUT2D eigenvalue weighted by molar-refractivity contribution is -0.141. The molecule has 0 unspecified atom stereocenters. The van der Waals surface area contributed by atoms with Gasteiger partial charge in [-0.05, 0) is 30.4 Å². The minimum atomic E-state index is -0.777. The lowest BCUT2D eigenvalue weighted by Gasteiger charge is -2.41. The third-order valence-electron chi connectivity index (χ3n) is 3.59. The van der Waals surface area contributed by atoms with E-state index >= 15 is 0 Å². The van der Waals surface area contributed by atoms with Gasteiger partial charge in [-0.2, -0.15) is 0 Å². The summed E-state index contributed by atoms with van der Waals surface area (Å²) < 4.78 is 0. The van der Waals surface area contributed by atoms with Crippen molar-refractivity contribution in [1.82, 2.24) is 4.98 Å². The van der Waals surface area contributed by atoms with Crippen LogP contribution in [0.2, 0.25) is 0 Å². The zero-order valence-corrected chi connectivity index (χ0v) is 10.6. The molecule has 0 bridgehead atoms. The van der Waals surface area contributed by atoms with Crippen molar-refractivity contribution < 1.29 is 14.7 Å². The predicted octanol–water partition coefficient (Wildman–Crippen LogP) is 1.24. The van der Waals surface area contributed by atoms with Crippen LogP contribution in [0.25, 0.3) is 0 Å². The monoisotopic (exact) mass is 263 g/mol. The van der Waals surface area contributed by atoms with E-state index in [2.05, 4.69) is 10.3 Å². The van der Waals surface area contributed by atoms with Gasteiger partial charge >= 0.3 is 5.97 Å². The molecule has 0 aliphatic heterocycles. The number of nitrogens with zero attached hydrogens (tertiary/aromatic N) is 1. The van der Waals surface area contributed by atoms with Crippen LogP contribution in [0.3, 0.4) is 0 Å². The number of nitrogens with two attached hydrogens (primary N) is 1. The Labute approximate surface area is 111 Å². The third kappa shape index (κ3) is 3.21. The molecule has 1 heterocycles. The molecule has 1 aromatic heterocycles. The molecular formula is C13H17N3O3. The minimum absolute atomic E-state index is 0.162. The number of anilines is 1. The molecule has 0 saturated heterocycles. The van der Waals surface area contributed by atoms with Crippen LogP contribution >= 0.6 is 0 Å². The molecular weight excluding hydrogens is 246 g/mol. The largest absolute Gasteiger partial charge is 0.481 e. The van der Waals surface area contributed by atoms with E-state index in [9.17, 15) is 9.59 Å². The van der Waals surface area contributed by atoms with Crippen LogP contribution in [0.1, 0.15) is 36.2 Å². The van der Waals surface area contributed by atoms with Crippen molar-refractivity contribution in [3.05, 3.63) is 23.9 Å². The molecule has 6 heteroatoms. The number of aliphatic carboxylic acids is 1. The van der Waals surface area contributed by atoms with Gasteiger partial charge < -0.3 is 16.2 Å². The first-order chi connectivity index (χ1) is 9.01. The predicted molar refractivity (Wildman–Crippen MR) is 69.8 cm³/mol. The van der Waals surface area contributed by atoms with Gasteiger partial charge in [-0.1, -0.05) is 12.5 Å². The Hall–Kier alpha value is -2.11. The van der Waals surface area contributed by atoms with E-state index in [0.717, 1.165) is 19.3 Å². The summed E-state index contributed by atoms with van der Waals surface area (Å²) in [6.07, 6.45) is 3.03. The van der Waals surface area contributed by atoms with Gasteiger partial charge in [-0.3, -0.25) is 9.59 Å². The first-order valence-corrected chi connectivity index (χ1v) is 6.23. The molecule has 0 aromatic carbocycles. The van der Waals surface area contributed by atoms with E-state index < -0.39 is 11.9 Å². The van der Waals surface area contributed by atoms with Crippen molar-refractivity contribution >= 4 is 17.7 Å². The standard InChI is InChI=1S/C13H17N3O3/c14-12(19)9-3-1-4-10(16-9)15-8-13(5-2-6-13)7-11(17)18/h1,3-4H,2,5-8H2,(H2,14,19)(H,15,16)(H,17,18). The highest BCUT2D eigenvalue weighted by molar-refractivity contribution is 5.91. The van der Waals surface area contributed by atoms with E-state index in [0.29, 0.717) is 12.4 Å². The van der Waals surface area contributed by atoms with E-state index in [1.54, 1.807) is 18.2 Å². The Morgan fingerprint density at radius 1 is 1.42 bits per heavy atom. The number of hydrogen-bond donors (Lipinski definition) is 3. The SMILES string of the molecule is NC(=O)c1cccc(NCC2(CC(=O)O)CCC2)n1. The zero-order chi connectivity index (χ0) is 13.9. The summed E-state index contributed by atoms with van der Waals surface area (Å²) >= 11 is 0. The molecule has 19 heavy (non-hydrogen) atoms. The summed E-state index contributed by atoms with van der Waals surface area (Å²) in [7, 11) is 0. The summed E-state index contributed by atoms with van der Waals surface area (Å²) in [5.41, 5.74) is 5.18. The van der Waals surface area contributed by atoms with Gasteiger partial charge in [-0.25, -0.2) is 4.98 Å². The van der Waals surface area contributed by atoms with Crippen molar-refractivity contribution in [2.75, 3.05) is 11.9 Å². The molecule has 1 saturated carbocycles. The fraction of sp³-hybridized carbons (Fsp3) is 0.462. The molecule has 2 rings (SSSR count). The van der Waals surface area contributed by atoms with Crippen LogP contribution in [0.4, 0.5) is 5.82 Å². The number of carboxylic acids is 1. The fourth-order valence-electron chi connectivity index (χ4n) is 2.36. The number of aromatic nitrogens is 1. The average molecular weight is 263 g/mol. The summed E-state index contributed by atoms with van der Waals surface area (Å²) in [6.45, 7) is 0.550. The molecule has 1 aliphatic carbocycles. The van der Waals surface area contributed by atoms with Crippen LogP contribution in [0.15, 0.2) is 18.2 Å². The topological polar surface area (TPSA) is 105 Å². The first kappa shape index (κ1) is 13.3. The lowest BCUT2D eigenvalue weighted by Crippen LogP contribution is -2.38. The van der Waals surface area contributed by atoms with Gasteiger partial charge in [-0.15, -0.1) is 0 Å². The molecule has 1 amide bonds. The van der Waals surface area contributed by atoms with Gasteiger partial charge in [0.1, 0.15) is 11.5 Å². The smallest absolute Gasteiger partial charge is 0.303 e. The Kier molecular flexibility index (Phi) is 3.69. The number of pyridine rings is 1. The number of primary amides is 1. The van der Waals surface area contributed by atoms with Gasteiger partial charge in [0, 0.05) is 6.54 Å². The minimum Gasteiger partial charge on any atom is -0.481 e. The van der Waals surface area contributed by atoms with Crippen molar-refractivity contribution in [3.63, 3.8) is 0 Å². The molecule has 0 radical (unpaired) electrons. The highest BCUT2D eigenvalue weighted by Crippen LogP contribution is 2.43. The number of carbonyl (C=O) groups is 2. The van der Waals surface area contributed by atoms with Gasteiger partial charge in [0.15, 0.2) is 0 Å². The quantitative estimate of drug-likeness (QED) is 0.716. The Bertz CT molecular complexity index is 498. The normalized spacial score (nSPS) is 16.4. The Morgan fingerprint density at radius 2 is 2.16 bits per heavy atom.